The van der Waals surface area contributed by atoms with Gasteiger partial charge in [-0.25, -0.2) is 13.2 Å². The third kappa shape index (κ3) is 5.42. The third-order valence-electron chi connectivity index (χ3n) is 4.08. The van der Waals surface area contributed by atoms with E-state index in [4.69, 9.17) is 9.47 Å². The SMILES string of the molecule is CCOC(=O)/C=C1\C[C@@H](C(=O)OC(C)(C)C)N(S(=O)(=O)c2ccc(C)cc2)C1. The van der Waals surface area contributed by atoms with Gasteiger partial charge in [0.2, 0.25) is 10.0 Å². The minimum Gasteiger partial charge on any atom is -0.463 e. The van der Waals surface area contributed by atoms with Crippen LogP contribution in [0.15, 0.2) is 40.8 Å². The molecule has 0 unspecified atom stereocenters. The third-order valence-corrected chi connectivity index (χ3v) is 5.95. The van der Waals surface area contributed by atoms with Gasteiger partial charge in [0.05, 0.1) is 11.5 Å². The number of sulfonamides is 1. The molecule has 8 heteroatoms. The van der Waals surface area contributed by atoms with E-state index in [2.05, 4.69) is 0 Å². The Bertz CT molecular complexity index is 865. The number of esters is 2. The first-order valence-corrected chi connectivity index (χ1v) is 10.6. The summed E-state index contributed by atoms with van der Waals surface area (Å²) in [5.74, 6) is -1.20. The molecule has 1 aliphatic heterocycles. The van der Waals surface area contributed by atoms with Crippen LogP contribution in [0.1, 0.15) is 39.7 Å². The summed E-state index contributed by atoms with van der Waals surface area (Å²) < 4.78 is 37.7. The number of rotatable bonds is 5. The van der Waals surface area contributed by atoms with Crippen LogP contribution in [0.25, 0.3) is 0 Å². The molecule has 0 aromatic heterocycles. The van der Waals surface area contributed by atoms with Crippen LogP contribution < -0.4 is 0 Å². The smallest absolute Gasteiger partial charge is 0.330 e. The van der Waals surface area contributed by atoms with Gasteiger partial charge in [0.15, 0.2) is 0 Å². The average Bonchev–Trinajstić information content (AvgIpc) is 2.98. The van der Waals surface area contributed by atoms with E-state index in [1.165, 1.54) is 18.2 Å². The van der Waals surface area contributed by atoms with Gasteiger partial charge in [-0.2, -0.15) is 4.31 Å². The maximum absolute atomic E-state index is 13.2. The lowest BCUT2D eigenvalue weighted by Crippen LogP contribution is -2.43. The molecule has 0 radical (unpaired) electrons. The monoisotopic (exact) mass is 409 g/mol. The van der Waals surface area contributed by atoms with Crippen LogP contribution in [0.5, 0.6) is 0 Å². The summed E-state index contributed by atoms with van der Waals surface area (Å²) in [7, 11) is -3.95. The number of hydrogen-bond donors (Lipinski definition) is 0. The first kappa shape index (κ1) is 22.1. The van der Waals surface area contributed by atoms with Gasteiger partial charge in [0.25, 0.3) is 0 Å². The number of aryl methyl sites for hydroxylation is 1. The van der Waals surface area contributed by atoms with Crippen LogP contribution >= 0.6 is 0 Å². The zero-order valence-corrected chi connectivity index (χ0v) is 17.7. The van der Waals surface area contributed by atoms with Gasteiger partial charge in [-0.1, -0.05) is 17.7 Å². The highest BCUT2D eigenvalue weighted by Gasteiger charge is 2.43. The molecular weight excluding hydrogens is 382 g/mol. The molecule has 2 rings (SSSR count). The highest BCUT2D eigenvalue weighted by molar-refractivity contribution is 7.89. The van der Waals surface area contributed by atoms with E-state index in [1.54, 1.807) is 39.8 Å². The average molecular weight is 410 g/mol. The second-order valence-corrected chi connectivity index (χ2v) is 9.56. The molecule has 154 valence electrons. The Morgan fingerprint density at radius 3 is 2.36 bits per heavy atom. The molecule has 0 amide bonds. The van der Waals surface area contributed by atoms with E-state index in [9.17, 15) is 18.0 Å². The van der Waals surface area contributed by atoms with Crippen molar-refractivity contribution < 1.29 is 27.5 Å². The molecule has 1 aromatic carbocycles. The quantitative estimate of drug-likeness (QED) is 0.548. The summed E-state index contributed by atoms with van der Waals surface area (Å²) in [4.78, 5) is 24.6. The van der Waals surface area contributed by atoms with Crippen molar-refractivity contribution in [1.82, 2.24) is 4.31 Å². The van der Waals surface area contributed by atoms with Crippen LogP contribution in [0.4, 0.5) is 0 Å². The molecule has 0 bridgehead atoms. The van der Waals surface area contributed by atoms with E-state index in [0.29, 0.717) is 5.57 Å². The second-order valence-electron chi connectivity index (χ2n) is 7.67. The number of hydrogen-bond acceptors (Lipinski definition) is 6. The maximum Gasteiger partial charge on any atom is 0.330 e. The Morgan fingerprint density at radius 2 is 1.82 bits per heavy atom. The molecule has 0 spiro atoms. The van der Waals surface area contributed by atoms with Crippen LogP contribution in [-0.4, -0.2) is 49.5 Å². The molecule has 0 saturated carbocycles. The molecule has 1 aliphatic rings. The van der Waals surface area contributed by atoms with Crippen LogP contribution in [-0.2, 0) is 29.1 Å². The molecule has 1 aromatic rings. The number of benzene rings is 1. The van der Waals surface area contributed by atoms with Crippen molar-refractivity contribution in [3.05, 3.63) is 41.5 Å². The lowest BCUT2D eigenvalue weighted by atomic mass is 10.1. The Labute approximate surface area is 166 Å². The number of nitrogens with zero attached hydrogens (tertiary/aromatic N) is 1. The first-order valence-electron chi connectivity index (χ1n) is 9.11. The van der Waals surface area contributed by atoms with E-state index < -0.39 is 33.6 Å². The number of carbonyl (C=O) groups excluding carboxylic acids is 2. The molecule has 0 N–H and O–H groups in total. The van der Waals surface area contributed by atoms with Gasteiger partial charge < -0.3 is 9.47 Å². The number of ether oxygens (including phenoxy) is 2. The molecule has 1 fully saturated rings. The van der Waals surface area contributed by atoms with Crippen LogP contribution in [0.3, 0.4) is 0 Å². The lowest BCUT2D eigenvalue weighted by Gasteiger charge is -2.26. The summed E-state index contributed by atoms with van der Waals surface area (Å²) >= 11 is 0. The fourth-order valence-electron chi connectivity index (χ4n) is 2.85. The van der Waals surface area contributed by atoms with Gasteiger partial charge in [-0.3, -0.25) is 4.79 Å². The summed E-state index contributed by atoms with van der Waals surface area (Å²) in [6, 6.07) is 5.36. The highest BCUT2D eigenvalue weighted by atomic mass is 32.2. The Hall–Kier alpha value is -2.19. The summed E-state index contributed by atoms with van der Waals surface area (Å²) in [5, 5.41) is 0. The van der Waals surface area contributed by atoms with Gasteiger partial charge in [0.1, 0.15) is 11.6 Å². The molecule has 1 saturated heterocycles. The summed E-state index contributed by atoms with van der Waals surface area (Å²) in [6.45, 7) is 8.83. The van der Waals surface area contributed by atoms with Gasteiger partial charge in [0, 0.05) is 12.6 Å². The standard InChI is InChI=1S/C20H27NO6S/c1-6-26-18(22)12-15-11-17(19(23)27-20(3,4)5)21(13-15)28(24,25)16-9-7-14(2)8-10-16/h7-10,12,17H,6,11,13H2,1-5H3/b15-12+/t17-/m0/s1. The molecular formula is C20H27NO6S. The van der Waals surface area contributed by atoms with E-state index in [0.717, 1.165) is 9.87 Å². The largest absolute Gasteiger partial charge is 0.463 e. The predicted molar refractivity (Wildman–Crippen MR) is 104 cm³/mol. The zero-order valence-electron chi connectivity index (χ0n) is 16.9. The van der Waals surface area contributed by atoms with Crippen molar-refractivity contribution in [2.45, 2.75) is 57.6 Å². The fourth-order valence-corrected chi connectivity index (χ4v) is 4.43. The lowest BCUT2D eigenvalue weighted by molar-refractivity contribution is -0.158. The molecule has 28 heavy (non-hydrogen) atoms. The van der Waals surface area contributed by atoms with Gasteiger partial charge >= 0.3 is 11.9 Å². The number of carbonyl (C=O) groups is 2. The fraction of sp³-hybridized carbons (Fsp3) is 0.500. The van der Waals surface area contributed by atoms with Crippen molar-refractivity contribution in [3.8, 4) is 0 Å². The van der Waals surface area contributed by atoms with Crippen molar-refractivity contribution in [2.24, 2.45) is 0 Å². The van der Waals surface area contributed by atoms with Crippen molar-refractivity contribution in [2.75, 3.05) is 13.2 Å². The Balaban J connectivity index is 2.39. The van der Waals surface area contributed by atoms with Gasteiger partial charge in [-0.05, 0) is 58.7 Å². The minimum absolute atomic E-state index is 0.0705. The van der Waals surface area contributed by atoms with Crippen molar-refractivity contribution in [1.29, 1.82) is 0 Å². The van der Waals surface area contributed by atoms with Crippen molar-refractivity contribution in [3.63, 3.8) is 0 Å². The summed E-state index contributed by atoms with van der Waals surface area (Å²) in [6.07, 6.45) is 1.34. The van der Waals surface area contributed by atoms with Gasteiger partial charge in [-0.15, -0.1) is 0 Å². The summed E-state index contributed by atoms with van der Waals surface area (Å²) in [5.41, 5.74) is 0.668. The van der Waals surface area contributed by atoms with E-state index >= 15 is 0 Å². The van der Waals surface area contributed by atoms with E-state index in [1.807, 2.05) is 6.92 Å². The first-order chi connectivity index (χ1) is 12.9. The van der Waals surface area contributed by atoms with Crippen LogP contribution in [0.2, 0.25) is 0 Å². The normalized spacial score (nSPS) is 19.6. The molecule has 1 heterocycles. The Kier molecular flexibility index (Phi) is 6.67. The molecule has 1 atom stereocenters. The molecule has 0 aliphatic carbocycles. The predicted octanol–water partition coefficient (Wildman–Crippen LogP) is 2.59. The minimum atomic E-state index is -3.95. The zero-order chi connectivity index (χ0) is 21.1. The maximum atomic E-state index is 13.2. The van der Waals surface area contributed by atoms with Crippen LogP contribution in [0, 0.1) is 6.92 Å². The highest BCUT2D eigenvalue weighted by Crippen LogP contribution is 2.31. The van der Waals surface area contributed by atoms with Crippen molar-refractivity contribution >= 4 is 22.0 Å². The topological polar surface area (TPSA) is 90.0 Å². The Morgan fingerprint density at radius 1 is 1.21 bits per heavy atom. The van der Waals surface area contributed by atoms with E-state index in [-0.39, 0.29) is 24.5 Å². The molecule has 7 nitrogen and oxygen atoms in total. The second kappa shape index (κ2) is 8.45.